The van der Waals surface area contributed by atoms with Gasteiger partial charge >= 0.3 is 5.69 Å². The maximum absolute atomic E-state index is 11.4. The molecule has 0 fully saturated rings. The molecule has 0 aliphatic heterocycles. The molecule has 86 valence electrons. The van der Waals surface area contributed by atoms with E-state index in [1.165, 1.54) is 0 Å². The van der Waals surface area contributed by atoms with E-state index in [0.29, 0.717) is 11.6 Å². The number of nitrogens with one attached hydrogen (secondary N) is 1. The summed E-state index contributed by atoms with van der Waals surface area (Å²) in [7, 11) is 1.72. The van der Waals surface area contributed by atoms with Crippen molar-refractivity contribution in [1.82, 2.24) is 14.7 Å². The molecule has 3 aromatic rings. The van der Waals surface area contributed by atoms with Crippen molar-refractivity contribution in [2.45, 2.75) is 0 Å². The van der Waals surface area contributed by atoms with Gasteiger partial charge in [0.1, 0.15) is 0 Å². The minimum Gasteiger partial charge on any atom is -0.381 e. The molecule has 0 saturated carbocycles. The highest BCUT2D eigenvalue weighted by Crippen LogP contribution is 2.24. The van der Waals surface area contributed by atoms with Gasteiger partial charge in [-0.1, -0.05) is 5.16 Å². The number of anilines is 1. The topological polar surface area (TPSA) is 89.8 Å². The maximum Gasteiger partial charge on any atom is 0.326 e. The molecule has 3 N–H and O–H groups in total. The van der Waals surface area contributed by atoms with Crippen molar-refractivity contribution in [3.63, 3.8) is 0 Å². The van der Waals surface area contributed by atoms with E-state index in [2.05, 4.69) is 10.1 Å². The molecule has 6 nitrogen and oxygen atoms in total. The van der Waals surface area contributed by atoms with Crippen molar-refractivity contribution >= 4 is 16.9 Å². The van der Waals surface area contributed by atoms with Gasteiger partial charge in [-0.3, -0.25) is 4.57 Å². The van der Waals surface area contributed by atoms with Gasteiger partial charge in [0.25, 0.3) is 0 Å². The minimum absolute atomic E-state index is 0.144. The third-order valence-electron chi connectivity index (χ3n) is 2.72. The number of aryl methyl sites for hydroxylation is 1. The van der Waals surface area contributed by atoms with E-state index in [0.717, 1.165) is 16.6 Å². The Labute approximate surface area is 95.6 Å². The number of imidazole rings is 1. The molecule has 2 heterocycles. The summed E-state index contributed by atoms with van der Waals surface area (Å²) in [5.74, 6) is 0.913. The monoisotopic (exact) mass is 230 g/mol. The first-order valence-electron chi connectivity index (χ1n) is 5.06. The fourth-order valence-corrected chi connectivity index (χ4v) is 1.82. The Hall–Kier alpha value is -2.50. The van der Waals surface area contributed by atoms with Crippen LogP contribution in [0, 0.1) is 0 Å². The quantitative estimate of drug-likeness (QED) is 0.655. The van der Waals surface area contributed by atoms with Gasteiger partial charge in [-0.05, 0) is 18.2 Å². The minimum atomic E-state index is -0.144. The number of aromatic nitrogens is 3. The molecule has 0 unspecified atom stereocenters. The lowest BCUT2D eigenvalue weighted by Gasteiger charge is -1.96. The van der Waals surface area contributed by atoms with Crippen molar-refractivity contribution in [2.75, 3.05) is 5.73 Å². The maximum atomic E-state index is 11.4. The van der Waals surface area contributed by atoms with E-state index >= 15 is 0 Å². The molecule has 0 aliphatic rings. The molecule has 0 spiro atoms. The molecule has 0 amide bonds. The first-order chi connectivity index (χ1) is 8.15. The van der Waals surface area contributed by atoms with Crippen LogP contribution in [0.3, 0.4) is 0 Å². The summed E-state index contributed by atoms with van der Waals surface area (Å²) in [6.07, 6.45) is 0. The van der Waals surface area contributed by atoms with Crippen molar-refractivity contribution in [2.24, 2.45) is 7.05 Å². The largest absolute Gasteiger partial charge is 0.381 e. The first-order valence-corrected chi connectivity index (χ1v) is 5.06. The zero-order valence-electron chi connectivity index (χ0n) is 9.10. The van der Waals surface area contributed by atoms with Crippen molar-refractivity contribution in [3.8, 4) is 11.3 Å². The van der Waals surface area contributed by atoms with Crippen LogP contribution in [0.1, 0.15) is 0 Å². The molecule has 0 atom stereocenters. The fraction of sp³-hybridized carbons (Fsp3) is 0.0909. The third kappa shape index (κ3) is 1.42. The van der Waals surface area contributed by atoms with Crippen LogP contribution in [0.25, 0.3) is 22.4 Å². The zero-order valence-corrected chi connectivity index (χ0v) is 9.10. The molecular formula is C11H10N4O2. The second kappa shape index (κ2) is 3.24. The van der Waals surface area contributed by atoms with E-state index < -0.39 is 0 Å². The van der Waals surface area contributed by atoms with E-state index in [-0.39, 0.29) is 5.69 Å². The SMILES string of the molecule is Cn1c(=O)[nH]c2cc(-c3cc(N)no3)ccc21. The van der Waals surface area contributed by atoms with E-state index in [1.54, 1.807) is 17.7 Å². The van der Waals surface area contributed by atoms with Gasteiger partial charge in [-0.15, -0.1) is 0 Å². The second-order valence-corrected chi connectivity index (χ2v) is 3.84. The summed E-state index contributed by atoms with van der Waals surface area (Å²) in [4.78, 5) is 14.2. The molecule has 1 aromatic carbocycles. The summed E-state index contributed by atoms with van der Waals surface area (Å²) in [5, 5.41) is 3.62. The van der Waals surface area contributed by atoms with Crippen molar-refractivity contribution < 1.29 is 4.52 Å². The van der Waals surface area contributed by atoms with Gasteiger partial charge in [0.2, 0.25) is 0 Å². The Balaban J connectivity index is 2.23. The number of fused-ring (bicyclic) bond motifs is 1. The number of hydrogen-bond donors (Lipinski definition) is 2. The standard InChI is InChI=1S/C11H10N4O2/c1-15-8-3-2-6(4-7(8)13-11(15)16)9-5-10(12)14-17-9/h2-5H,1H3,(H2,12,14)(H,13,16). The Kier molecular flexibility index (Phi) is 1.85. The van der Waals surface area contributed by atoms with Crippen LogP contribution in [0.5, 0.6) is 0 Å². The Bertz CT molecular complexity index is 750. The first kappa shape index (κ1) is 9.71. The molecule has 0 radical (unpaired) electrons. The van der Waals surface area contributed by atoms with Crippen LogP contribution < -0.4 is 11.4 Å². The van der Waals surface area contributed by atoms with Crippen LogP contribution in [-0.4, -0.2) is 14.7 Å². The van der Waals surface area contributed by atoms with Crippen LogP contribution in [0.15, 0.2) is 33.6 Å². The van der Waals surface area contributed by atoms with Gasteiger partial charge in [0.15, 0.2) is 11.6 Å². The van der Waals surface area contributed by atoms with Gasteiger partial charge in [-0.2, -0.15) is 0 Å². The molecule has 17 heavy (non-hydrogen) atoms. The zero-order chi connectivity index (χ0) is 12.0. The Morgan fingerprint density at radius 1 is 1.41 bits per heavy atom. The van der Waals surface area contributed by atoms with Gasteiger partial charge in [-0.25, -0.2) is 4.79 Å². The van der Waals surface area contributed by atoms with Crippen molar-refractivity contribution in [1.29, 1.82) is 0 Å². The predicted octanol–water partition coefficient (Wildman–Crippen LogP) is 1.10. The van der Waals surface area contributed by atoms with E-state index in [4.69, 9.17) is 10.3 Å². The van der Waals surface area contributed by atoms with E-state index in [1.807, 2.05) is 18.2 Å². The van der Waals surface area contributed by atoms with Gasteiger partial charge in [0, 0.05) is 18.7 Å². The lowest BCUT2D eigenvalue weighted by Crippen LogP contribution is -2.11. The number of benzene rings is 1. The molecule has 0 saturated heterocycles. The van der Waals surface area contributed by atoms with Crippen LogP contribution in [0.2, 0.25) is 0 Å². The van der Waals surface area contributed by atoms with Crippen LogP contribution in [-0.2, 0) is 7.05 Å². The summed E-state index contributed by atoms with van der Waals surface area (Å²) in [6.45, 7) is 0. The molecule has 0 aliphatic carbocycles. The summed E-state index contributed by atoms with van der Waals surface area (Å²) >= 11 is 0. The van der Waals surface area contributed by atoms with Gasteiger partial charge < -0.3 is 15.2 Å². The smallest absolute Gasteiger partial charge is 0.326 e. The highest BCUT2D eigenvalue weighted by molar-refractivity contribution is 5.81. The lowest BCUT2D eigenvalue weighted by molar-refractivity contribution is 0.436. The molecular weight excluding hydrogens is 220 g/mol. The number of nitrogens with two attached hydrogens (primary N) is 1. The van der Waals surface area contributed by atoms with Crippen LogP contribution in [0.4, 0.5) is 5.82 Å². The number of rotatable bonds is 1. The predicted molar refractivity (Wildman–Crippen MR) is 63.4 cm³/mol. The second-order valence-electron chi connectivity index (χ2n) is 3.84. The summed E-state index contributed by atoms with van der Waals surface area (Å²) in [6, 6.07) is 7.18. The molecule has 6 heteroatoms. The van der Waals surface area contributed by atoms with E-state index in [9.17, 15) is 4.79 Å². The number of nitrogens with zero attached hydrogens (tertiary/aromatic N) is 2. The Morgan fingerprint density at radius 2 is 2.24 bits per heavy atom. The normalized spacial score (nSPS) is 11.1. The summed E-state index contributed by atoms with van der Waals surface area (Å²) < 4.78 is 6.61. The Morgan fingerprint density at radius 3 is 2.94 bits per heavy atom. The number of H-pyrrole nitrogens is 1. The highest BCUT2D eigenvalue weighted by Gasteiger charge is 2.08. The average molecular weight is 230 g/mol. The number of nitrogen functional groups attached to an aromatic ring is 1. The average Bonchev–Trinajstić information content (AvgIpc) is 2.85. The molecule has 2 aromatic heterocycles. The highest BCUT2D eigenvalue weighted by atomic mass is 16.5. The van der Waals surface area contributed by atoms with Crippen LogP contribution >= 0.6 is 0 Å². The third-order valence-corrected chi connectivity index (χ3v) is 2.72. The van der Waals surface area contributed by atoms with Gasteiger partial charge in [0.05, 0.1) is 11.0 Å². The van der Waals surface area contributed by atoms with Crippen molar-refractivity contribution in [3.05, 3.63) is 34.7 Å². The number of hydrogen-bond acceptors (Lipinski definition) is 4. The fourth-order valence-electron chi connectivity index (χ4n) is 1.82. The lowest BCUT2D eigenvalue weighted by atomic mass is 10.1. The molecule has 0 bridgehead atoms. The summed E-state index contributed by atoms with van der Waals surface area (Å²) in [5.41, 5.74) is 7.76. The molecule has 3 rings (SSSR count). The number of aromatic amines is 1.